The van der Waals surface area contributed by atoms with E-state index in [2.05, 4.69) is 10.3 Å². The zero-order valence-electron chi connectivity index (χ0n) is 20.2. The molecule has 192 valence electrons. The summed E-state index contributed by atoms with van der Waals surface area (Å²) in [5.41, 5.74) is 2.75. The molecule has 2 heterocycles. The van der Waals surface area contributed by atoms with Crippen LogP contribution in [0.15, 0.2) is 77.8 Å². The Morgan fingerprint density at radius 3 is 2.62 bits per heavy atom. The lowest BCUT2D eigenvalue weighted by Gasteiger charge is -2.28. The Hall–Kier alpha value is -3.80. The van der Waals surface area contributed by atoms with Crippen LogP contribution in [0.3, 0.4) is 0 Å². The van der Waals surface area contributed by atoms with E-state index in [9.17, 15) is 17.9 Å². The molecule has 5 rings (SSSR count). The molecule has 0 aliphatic carbocycles. The third-order valence-electron chi connectivity index (χ3n) is 6.14. The molecule has 1 N–H and O–H groups in total. The van der Waals surface area contributed by atoms with Crippen LogP contribution in [0.1, 0.15) is 16.8 Å². The van der Waals surface area contributed by atoms with E-state index in [1.807, 2.05) is 30.1 Å². The number of ether oxygens (including phenoxy) is 1. The van der Waals surface area contributed by atoms with Gasteiger partial charge in [-0.05, 0) is 35.9 Å². The Labute approximate surface area is 214 Å². The third kappa shape index (κ3) is 5.33. The molecule has 9 nitrogen and oxygen atoms in total. The Morgan fingerprint density at radius 1 is 1.05 bits per heavy atom. The number of benzene rings is 3. The van der Waals surface area contributed by atoms with Crippen molar-refractivity contribution in [2.45, 2.75) is 24.5 Å². The van der Waals surface area contributed by atoms with Gasteiger partial charge in [-0.25, -0.2) is 17.5 Å². The van der Waals surface area contributed by atoms with Crippen molar-refractivity contribution in [1.82, 2.24) is 19.3 Å². The Balaban J connectivity index is 1.48. The van der Waals surface area contributed by atoms with Gasteiger partial charge in [-0.3, -0.25) is 0 Å². The molecule has 1 aliphatic heterocycles. The quantitative estimate of drug-likeness (QED) is 0.396. The minimum atomic E-state index is -3.97. The summed E-state index contributed by atoms with van der Waals surface area (Å²) in [5.74, 6) is 0.451. The van der Waals surface area contributed by atoms with Gasteiger partial charge in [0.05, 0.1) is 31.6 Å². The number of halogens is 1. The Morgan fingerprint density at radius 2 is 1.84 bits per heavy atom. The molecule has 1 aromatic heterocycles. The smallest absolute Gasteiger partial charge is 0.247 e. The van der Waals surface area contributed by atoms with Crippen molar-refractivity contribution in [3.63, 3.8) is 0 Å². The van der Waals surface area contributed by atoms with E-state index >= 15 is 0 Å². The molecule has 1 aliphatic rings. The number of rotatable bonds is 7. The van der Waals surface area contributed by atoms with Gasteiger partial charge in [-0.15, -0.1) is 5.10 Å². The van der Waals surface area contributed by atoms with Crippen molar-refractivity contribution in [3.05, 3.63) is 95.6 Å². The van der Waals surface area contributed by atoms with E-state index in [-0.39, 0.29) is 36.2 Å². The highest BCUT2D eigenvalue weighted by Gasteiger charge is 2.32. The minimum absolute atomic E-state index is 0.00565. The fourth-order valence-corrected chi connectivity index (χ4v) is 5.64. The van der Waals surface area contributed by atoms with E-state index < -0.39 is 10.0 Å². The molecule has 0 spiro atoms. The van der Waals surface area contributed by atoms with Gasteiger partial charge in [-0.1, -0.05) is 35.5 Å². The van der Waals surface area contributed by atoms with Gasteiger partial charge >= 0.3 is 0 Å². The van der Waals surface area contributed by atoms with Crippen LogP contribution < -0.4 is 9.64 Å². The highest BCUT2D eigenvalue weighted by atomic mass is 32.2. The molecule has 0 atom stereocenters. The van der Waals surface area contributed by atoms with Gasteiger partial charge in [0, 0.05) is 37.5 Å². The van der Waals surface area contributed by atoms with Crippen LogP contribution in [-0.4, -0.2) is 53.0 Å². The maximum Gasteiger partial charge on any atom is 0.247 e. The van der Waals surface area contributed by atoms with Crippen LogP contribution in [0.5, 0.6) is 11.5 Å². The van der Waals surface area contributed by atoms with Crippen molar-refractivity contribution in [2.75, 3.05) is 25.1 Å². The number of hydrogen-bond donors (Lipinski definition) is 1. The average molecular weight is 524 g/mol. The number of anilines is 1. The number of likely N-dealkylation sites (N-methyl/N-ethyl adjacent to an activating group) is 1. The first-order chi connectivity index (χ1) is 17.8. The number of hydrogen-bond acceptors (Lipinski definition) is 7. The molecule has 4 aromatic rings. The fraction of sp³-hybridized carbons (Fsp3) is 0.231. The van der Waals surface area contributed by atoms with Gasteiger partial charge in [-0.2, -0.15) is 4.31 Å². The second-order valence-corrected chi connectivity index (χ2v) is 10.7. The molecule has 0 saturated heterocycles. The van der Waals surface area contributed by atoms with E-state index in [4.69, 9.17) is 4.74 Å². The standard InChI is InChI=1S/C26H26FN5O4S/c1-30(12-13-33)23-10-11-26-25(14-23)36-24-5-3-2-4-20(24)16-32(37(26,34)35)18-22-17-31(29-28-22)15-19-6-8-21(27)9-7-19/h2-11,14,17,33H,12-13,15-16,18H2,1H3. The van der Waals surface area contributed by atoms with Crippen LogP contribution in [0.4, 0.5) is 10.1 Å². The second kappa shape index (κ2) is 10.3. The molecule has 0 bridgehead atoms. The first-order valence-corrected chi connectivity index (χ1v) is 13.1. The predicted molar refractivity (Wildman–Crippen MR) is 135 cm³/mol. The summed E-state index contributed by atoms with van der Waals surface area (Å²) >= 11 is 0. The van der Waals surface area contributed by atoms with Gasteiger partial charge < -0.3 is 14.7 Å². The second-order valence-electron chi connectivity index (χ2n) is 8.79. The van der Waals surface area contributed by atoms with Gasteiger partial charge in [0.2, 0.25) is 10.0 Å². The normalized spacial score (nSPS) is 14.7. The summed E-state index contributed by atoms with van der Waals surface area (Å²) in [6.45, 7) is 0.831. The number of sulfonamides is 1. The Bertz CT molecular complexity index is 1510. The molecular weight excluding hydrogens is 497 g/mol. The van der Waals surface area contributed by atoms with Crippen molar-refractivity contribution in [3.8, 4) is 11.5 Å². The van der Waals surface area contributed by atoms with Crippen LogP contribution in [-0.2, 0) is 29.7 Å². The molecule has 11 heteroatoms. The maximum absolute atomic E-state index is 13.8. The number of aromatic nitrogens is 3. The first kappa shape index (κ1) is 24.9. The lowest BCUT2D eigenvalue weighted by Crippen LogP contribution is -2.32. The molecule has 0 radical (unpaired) electrons. The van der Waals surface area contributed by atoms with Crippen molar-refractivity contribution in [2.24, 2.45) is 0 Å². The molecule has 0 unspecified atom stereocenters. The van der Waals surface area contributed by atoms with E-state index in [1.54, 1.807) is 41.2 Å². The number of fused-ring (bicyclic) bond motifs is 2. The number of aliphatic hydroxyl groups is 1. The zero-order valence-corrected chi connectivity index (χ0v) is 21.0. The average Bonchev–Trinajstić information content (AvgIpc) is 3.32. The molecule has 0 amide bonds. The van der Waals surface area contributed by atoms with Crippen LogP contribution >= 0.6 is 0 Å². The Kier molecular flexibility index (Phi) is 6.92. The third-order valence-corrected chi connectivity index (χ3v) is 7.97. The monoisotopic (exact) mass is 523 g/mol. The molecular formula is C26H26FN5O4S. The lowest BCUT2D eigenvalue weighted by molar-refractivity contribution is 0.304. The van der Waals surface area contributed by atoms with E-state index in [0.717, 1.165) is 11.3 Å². The van der Waals surface area contributed by atoms with Crippen molar-refractivity contribution in [1.29, 1.82) is 0 Å². The molecule has 3 aromatic carbocycles. The van der Waals surface area contributed by atoms with Gasteiger partial charge in [0.15, 0.2) is 0 Å². The van der Waals surface area contributed by atoms with Crippen LogP contribution in [0, 0.1) is 5.82 Å². The maximum atomic E-state index is 13.8. The minimum Gasteiger partial charge on any atom is -0.456 e. The first-order valence-electron chi connectivity index (χ1n) is 11.7. The highest BCUT2D eigenvalue weighted by molar-refractivity contribution is 7.89. The summed E-state index contributed by atoms with van der Waals surface area (Å²) in [6.07, 6.45) is 1.69. The molecule has 0 saturated carbocycles. The van der Waals surface area contributed by atoms with Crippen molar-refractivity contribution >= 4 is 15.7 Å². The summed E-state index contributed by atoms with van der Waals surface area (Å²) in [4.78, 5) is 1.86. The number of nitrogens with zero attached hydrogens (tertiary/aromatic N) is 5. The summed E-state index contributed by atoms with van der Waals surface area (Å²) in [6, 6.07) is 18.3. The van der Waals surface area contributed by atoms with Gasteiger partial charge in [0.25, 0.3) is 0 Å². The lowest BCUT2D eigenvalue weighted by atomic mass is 10.2. The number of aliphatic hydroxyl groups excluding tert-OH is 1. The topological polar surface area (TPSA) is 101 Å². The summed E-state index contributed by atoms with van der Waals surface area (Å²) in [5, 5.41) is 17.6. The number of para-hydroxylation sites is 1. The highest BCUT2D eigenvalue weighted by Crippen LogP contribution is 2.39. The predicted octanol–water partition coefficient (Wildman–Crippen LogP) is 3.39. The van der Waals surface area contributed by atoms with Crippen LogP contribution in [0.2, 0.25) is 0 Å². The summed E-state index contributed by atoms with van der Waals surface area (Å²) in [7, 11) is -2.16. The van der Waals surface area contributed by atoms with Crippen LogP contribution in [0.25, 0.3) is 0 Å². The molecule has 0 fully saturated rings. The fourth-order valence-electron chi connectivity index (χ4n) is 4.16. The van der Waals surface area contributed by atoms with Gasteiger partial charge in [0.1, 0.15) is 22.2 Å². The largest absolute Gasteiger partial charge is 0.456 e. The van der Waals surface area contributed by atoms with E-state index in [1.165, 1.54) is 22.5 Å². The SMILES string of the molecule is CN(CCO)c1ccc2c(c1)Oc1ccccc1CN(Cc1cn(Cc3ccc(F)cc3)nn1)S2(=O)=O. The van der Waals surface area contributed by atoms with Crippen molar-refractivity contribution < 1.29 is 22.7 Å². The molecule has 37 heavy (non-hydrogen) atoms. The zero-order chi connectivity index (χ0) is 26.0. The summed E-state index contributed by atoms with van der Waals surface area (Å²) < 4.78 is 49.9. The van der Waals surface area contributed by atoms with E-state index in [0.29, 0.717) is 30.1 Å².